The highest BCUT2D eigenvalue weighted by Gasteiger charge is 2.36. The Morgan fingerprint density at radius 1 is 1.50 bits per heavy atom. The summed E-state index contributed by atoms with van der Waals surface area (Å²) in [7, 11) is 1.93. The van der Waals surface area contributed by atoms with E-state index >= 15 is 0 Å². The minimum absolute atomic E-state index is 0.0259. The van der Waals surface area contributed by atoms with Gasteiger partial charge in [0.1, 0.15) is 5.60 Å². The van der Waals surface area contributed by atoms with E-state index in [1.165, 1.54) is 0 Å². The van der Waals surface area contributed by atoms with Gasteiger partial charge in [-0.2, -0.15) is 0 Å². The van der Waals surface area contributed by atoms with Gasteiger partial charge in [0, 0.05) is 31.4 Å². The number of imidazole rings is 1. The standard InChI is InChI=1S/C14H23N3O3/c1-14(2,3)20-13(19)17-7-10(12(18)8-17)5-11-6-15-9-16(11)4/h6,9-10,12,18H,5,7-8H2,1-4H3/t10-,12-/m1/s1. The Balaban J connectivity index is 1.95. The second kappa shape index (κ2) is 5.44. The monoisotopic (exact) mass is 281 g/mol. The van der Waals surface area contributed by atoms with Gasteiger partial charge in [0.05, 0.1) is 19.0 Å². The molecule has 2 atom stereocenters. The van der Waals surface area contributed by atoms with E-state index in [2.05, 4.69) is 4.98 Å². The van der Waals surface area contributed by atoms with E-state index in [9.17, 15) is 9.90 Å². The van der Waals surface area contributed by atoms with Gasteiger partial charge in [-0.3, -0.25) is 0 Å². The molecule has 0 bridgehead atoms. The first-order chi connectivity index (χ1) is 9.26. The largest absolute Gasteiger partial charge is 0.444 e. The van der Waals surface area contributed by atoms with Crippen molar-refractivity contribution in [2.75, 3.05) is 13.1 Å². The van der Waals surface area contributed by atoms with Crippen LogP contribution in [0.1, 0.15) is 26.5 Å². The summed E-state index contributed by atoms with van der Waals surface area (Å²) in [6.45, 7) is 6.36. The van der Waals surface area contributed by atoms with Crippen LogP contribution in [0.5, 0.6) is 0 Å². The smallest absolute Gasteiger partial charge is 0.410 e. The SMILES string of the molecule is Cn1cncc1C[C@@H]1CN(C(=O)OC(C)(C)C)C[C@H]1O. The molecule has 0 aliphatic carbocycles. The van der Waals surface area contributed by atoms with Gasteiger partial charge in [-0.15, -0.1) is 0 Å². The number of hydrogen-bond acceptors (Lipinski definition) is 4. The molecule has 1 fully saturated rings. The molecule has 0 aromatic carbocycles. The van der Waals surface area contributed by atoms with E-state index in [4.69, 9.17) is 4.74 Å². The highest BCUT2D eigenvalue weighted by Crippen LogP contribution is 2.23. The maximum absolute atomic E-state index is 12.0. The third kappa shape index (κ3) is 3.50. The molecule has 1 aromatic rings. The molecule has 112 valence electrons. The van der Waals surface area contributed by atoms with Gasteiger partial charge in [0.15, 0.2) is 0 Å². The number of carbonyl (C=O) groups excluding carboxylic acids is 1. The number of aliphatic hydroxyl groups is 1. The highest BCUT2D eigenvalue weighted by atomic mass is 16.6. The van der Waals surface area contributed by atoms with E-state index in [1.807, 2.05) is 32.4 Å². The lowest BCUT2D eigenvalue weighted by molar-refractivity contribution is 0.0269. The summed E-state index contributed by atoms with van der Waals surface area (Å²) in [4.78, 5) is 17.6. The number of carbonyl (C=O) groups is 1. The predicted molar refractivity (Wildman–Crippen MR) is 74.2 cm³/mol. The van der Waals surface area contributed by atoms with Crippen molar-refractivity contribution >= 4 is 6.09 Å². The molecule has 6 heteroatoms. The van der Waals surface area contributed by atoms with Crippen LogP contribution in [-0.4, -0.2) is 50.4 Å². The zero-order valence-corrected chi connectivity index (χ0v) is 12.5. The molecule has 1 aliphatic rings. The molecule has 0 unspecified atom stereocenters. The van der Waals surface area contributed by atoms with Gasteiger partial charge in [0.25, 0.3) is 0 Å². The summed E-state index contributed by atoms with van der Waals surface area (Å²) >= 11 is 0. The number of aliphatic hydroxyl groups excluding tert-OH is 1. The number of nitrogens with zero attached hydrogens (tertiary/aromatic N) is 3. The van der Waals surface area contributed by atoms with Crippen LogP contribution in [0.2, 0.25) is 0 Å². The molecule has 1 saturated heterocycles. The van der Waals surface area contributed by atoms with Crippen LogP contribution in [0.4, 0.5) is 4.79 Å². The molecule has 1 amide bonds. The highest BCUT2D eigenvalue weighted by molar-refractivity contribution is 5.68. The van der Waals surface area contributed by atoms with Crippen molar-refractivity contribution in [2.45, 2.75) is 38.9 Å². The molecule has 20 heavy (non-hydrogen) atoms. The molecule has 2 rings (SSSR count). The molecule has 1 N–H and O–H groups in total. The minimum atomic E-state index is -0.516. The van der Waals surface area contributed by atoms with Crippen molar-refractivity contribution in [1.82, 2.24) is 14.5 Å². The zero-order valence-electron chi connectivity index (χ0n) is 12.5. The predicted octanol–water partition coefficient (Wildman–Crippen LogP) is 1.19. The second-order valence-corrected chi connectivity index (χ2v) is 6.41. The first-order valence-corrected chi connectivity index (χ1v) is 6.87. The average Bonchev–Trinajstić information content (AvgIpc) is 2.86. The second-order valence-electron chi connectivity index (χ2n) is 6.41. The number of ether oxygens (including phenoxy) is 1. The van der Waals surface area contributed by atoms with Crippen LogP contribution in [0, 0.1) is 5.92 Å². The van der Waals surface area contributed by atoms with Crippen LogP contribution in [0.3, 0.4) is 0 Å². The number of rotatable bonds is 2. The fourth-order valence-electron chi connectivity index (χ4n) is 2.38. The fourth-order valence-corrected chi connectivity index (χ4v) is 2.38. The Morgan fingerprint density at radius 2 is 2.20 bits per heavy atom. The number of hydrogen-bond donors (Lipinski definition) is 1. The molecule has 0 radical (unpaired) electrons. The topological polar surface area (TPSA) is 67.6 Å². The molecule has 1 aromatic heterocycles. The Labute approximate surface area is 119 Å². The molecule has 0 spiro atoms. The maximum atomic E-state index is 12.0. The summed E-state index contributed by atoms with van der Waals surface area (Å²) < 4.78 is 7.27. The lowest BCUT2D eigenvalue weighted by atomic mass is 10.0. The van der Waals surface area contributed by atoms with Gasteiger partial charge in [-0.25, -0.2) is 9.78 Å². The van der Waals surface area contributed by atoms with Crippen LogP contribution in [0.25, 0.3) is 0 Å². The van der Waals surface area contributed by atoms with Crippen molar-refractivity contribution in [1.29, 1.82) is 0 Å². The molecular formula is C14H23N3O3. The normalized spacial score (nSPS) is 23.1. The Morgan fingerprint density at radius 3 is 2.75 bits per heavy atom. The van der Waals surface area contributed by atoms with E-state index in [-0.39, 0.29) is 12.0 Å². The molecule has 1 aliphatic heterocycles. The van der Waals surface area contributed by atoms with Crippen molar-refractivity contribution in [3.8, 4) is 0 Å². The molecule has 0 saturated carbocycles. The first-order valence-electron chi connectivity index (χ1n) is 6.87. The Hall–Kier alpha value is -1.56. The van der Waals surface area contributed by atoms with Crippen LogP contribution in [-0.2, 0) is 18.2 Å². The van der Waals surface area contributed by atoms with E-state index in [1.54, 1.807) is 17.4 Å². The van der Waals surface area contributed by atoms with Crippen LogP contribution in [0.15, 0.2) is 12.5 Å². The number of aromatic nitrogens is 2. The number of likely N-dealkylation sites (tertiary alicyclic amines) is 1. The van der Waals surface area contributed by atoms with Crippen molar-refractivity contribution in [3.05, 3.63) is 18.2 Å². The van der Waals surface area contributed by atoms with Crippen molar-refractivity contribution in [2.24, 2.45) is 13.0 Å². The van der Waals surface area contributed by atoms with Crippen molar-refractivity contribution in [3.63, 3.8) is 0 Å². The summed E-state index contributed by atoms with van der Waals surface area (Å²) in [5.74, 6) is 0.0259. The summed E-state index contributed by atoms with van der Waals surface area (Å²) in [5, 5.41) is 10.1. The van der Waals surface area contributed by atoms with Gasteiger partial charge >= 0.3 is 6.09 Å². The average molecular weight is 281 g/mol. The van der Waals surface area contributed by atoms with Gasteiger partial charge in [-0.1, -0.05) is 0 Å². The third-order valence-electron chi connectivity index (χ3n) is 3.45. The van der Waals surface area contributed by atoms with E-state index in [0.29, 0.717) is 19.5 Å². The first kappa shape index (κ1) is 14.8. The fraction of sp³-hybridized carbons (Fsp3) is 0.714. The summed E-state index contributed by atoms with van der Waals surface area (Å²) in [6, 6.07) is 0. The summed E-state index contributed by atoms with van der Waals surface area (Å²) in [6.07, 6.45) is 3.36. The van der Waals surface area contributed by atoms with Gasteiger partial charge in [-0.05, 0) is 27.2 Å². The Bertz CT molecular complexity index is 478. The van der Waals surface area contributed by atoms with Crippen LogP contribution >= 0.6 is 0 Å². The lowest BCUT2D eigenvalue weighted by Crippen LogP contribution is -2.35. The molecular weight excluding hydrogens is 258 g/mol. The molecule has 2 heterocycles. The molecule has 6 nitrogen and oxygen atoms in total. The Kier molecular flexibility index (Phi) is 4.04. The van der Waals surface area contributed by atoms with E-state index < -0.39 is 11.7 Å². The van der Waals surface area contributed by atoms with E-state index in [0.717, 1.165) is 5.69 Å². The maximum Gasteiger partial charge on any atom is 0.410 e. The third-order valence-corrected chi connectivity index (χ3v) is 3.45. The quantitative estimate of drug-likeness (QED) is 0.884. The lowest BCUT2D eigenvalue weighted by Gasteiger charge is -2.24. The summed E-state index contributed by atoms with van der Waals surface area (Å²) in [5.41, 5.74) is 0.544. The zero-order chi connectivity index (χ0) is 14.9. The van der Waals surface area contributed by atoms with Gasteiger partial charge in [0.2, 0.25) is 0 Å². The van der Waals surface area contributed by atoms with Gasteiger partial charge < -0.3 is 19.3 Å². The number of amides is 1. The number of aryl methyl sites for hydroxylation is 1. The van der Waals surface area contributed by atoms with Crippen molar-refractivity contribution < 1.29 is 14.6 Å². The minimum Gasteiger partial charge on any atom is -0.444 e. The van der Waals surface area contributed by atoms with Crippen LogP contribution < -0.4 is 0 Å². The number of β-amino-alcohol motifs (C(OH)–C–C–N with tert-alkyl or cyclic N) is 1.